The van der Waals surface area contributed by atoms with Gasteiger partial charge in [0.2, 0.25) is 0 Å². The van der Waals surface area contributed by atoms with E-state index in [-0.39, 0.29) is 17.7 Å². The fourth-order valence-corrected chi connectivity index (χ4v) is 3.21. The predicted molar refractivity (Wildman–Crippen MR) is 103 cm³/mol. The number of ether oxygens (including phenoxy) is 1. The molecule has 1 aliphatic heterocycles. The molecule has 2 N–H and O–H groups in total. The number of phenolic OH excluding ortho intramolecular Hbond substituents is 1. The molecule has 3 rings (SSSR count). The van der Waals surface area contributed by atoms with Crippen molar-refractivity contribution in [1.82, 2.24) is 10.2 Å². The van der Waals surface area contributed by atoms with Crippen molar-refractivity contribution >= 4 is 17.3 Å². The Labute approximate surface area is 158 Å². The fraction of sp³-hybridized carbons (Fsp3) is 0.350. The van der Waals surface area contributed by atoms with E-state index in [2.05, 4.69) is 5.32 Å². The summed E-state index contributed by atoms with van der Waals surface area (Å²) in [5.74, 6) is 0.00191. The summed E-state index contributed by atoms with van der Waals surface area (Å²) >= 11 is 5.58. The average Bonchev–Trinajstić information content (AvgIpc) is 3.15. The summed E-state index contributed by atoms with van der Waals surface area (Å²) in [5.41, 5.74) is 1.77. The highest BCUT2D eigenvalue weighted by atomic mass is 32.1. The van der Waals surface area contributed by atoms with E-state index in [0.29, 0.717) is 24.7 Å². The third kappa shape index (κ3) is 5.16. The van der Waals surface area contributed by atoms with E-state index < -0.39 is 0 Å². The minimum atomic E-state index is -0.254. The molecule has 2 aromatic rings. The second-order valence-electron chi connectivity index (χ2n) is 6.43. The van der Waals surface area contributed by atoms with Gasteiger partial charge in [-0.05, 0) is 48.8 Å². The maximum atomic E-state index is 13.0. The van der Waals surface area contributed by atoms with Crippen molar-refractivity contribution in [2.75, 3.05) is 13.2 Å². The van der Waals surface area contributed by atoms with Crippen molar-refractivity contribution in [3.63, 3.8) is 0 Å². The molecule has 0 unspecified atom stereocenters. The van der Waals surface area contributed by atoms with E-state index in [1.54, 1.807) is 24.3 Å². The molecular weight excluding hydrogens is 351 g/mol. The van der Waals surface area contributed by atoms with Gasteiger partial charge in [-0.3, -0.25) is 0 Å². The Bertz CT molecular complexity index is 733. The van der Waals surface area contributed by atoms with Crippen LogP contribution in [-0.4, -0.2) is 34.4 Å². The first-order valence-corrected chi connectivity index (χ1v) is 9.18. The maximum Gasteiger partial charge on any atom is 0.169 e. The molecule has 0 amide bonds. The molecule has 0 spiro atoms. The first-order valence-electron chi connectivity index (χ1n) is 8.77. The molecule has 0 saturated carbocycles. The van der Waals surface area contributed by atoms with Crippen LogP contribution in [0, 0.1) is 5.82 Å². The lowest BCUT2D eigenvalue weighted by atomic mass is 10.1. The van der Waals surface area contributed by atoms with Crippen LogP contribution in [0.5, 0.6) is 5.75 Å². The number of thiocarbonyl (C=S) groups is 1. The molecule has 26 heavy (non-hydrogen) atoms. The van der Waals surface area contributed by atoms with Crippen molar-refractivity contribution < 1.29 is 14.2 Å². The van der Waals surface area contributed by atoms with Crippen LogP contribution in [0.2, 0.25) is 0 Å². The zero-order chi connectivity index (χ0) is 18.4. The fourth-order valence-electron chi connectivity index (χ4n) is 3.00. The first kappa shape index (κ1) is 18.6. The summed E-state index contributed by atoms with van der Waals surface area (Å²) in [6, 6.07) is 13.6. The van der Waals surface area contributed by atoms with E-state index in [1.807, 2.05) is 17.0 Å². The zero-order valence-corrected chi connectivity index (χ0v) is 15.3. The maximum absolute atomic E-state index is 13.0. The number of aromatic hydroxyl groups is 1. The van der Waals surface area contributed by atoms with Gasteiger partial charge in [-0.2, -0.15) is 0 Å². The minimum Gasteiger partial charge on any atom is -0.508 e. The lowest BCUT2D eigenvalue weighted by Crippen LogP contribution is -2.42. The highest BCUT2D eigenvalue weighted by Crippen LogP contribution is 2.20. The van der Waals surface area contributed by atoms with Gasteiger partial charge >= 0.3 is 0 Å². The topological polar surface area (TPSA) is 44.7 Å². The molecule has 1 fully saturated rings. The van der Waals surface area contributed by atoms with Gasteiger partial charge in [0.25, 0.3) is 0 Å². The molecule has 0 aliphatic carbocycles. The number of rotatable bonds is 6. The summed E-state index contributed by atoms with van der Waals surface area (Å²) in [4.78, 5) is 2.02. The third-order valence-electron chi connectivity index (χ3n) is 4.45. The van der Waals surface area contributed by atoms with Crippen LogP contribution in [-0.2, 0) is 17.8 Å². The summed E-state index contributed by atoms with van der Waals surface area (Å²) in [6.07, 6.45) is 2.22. The molecule has 1 saturated heterocycles. The number of nitrogens with zero attached hydrogens (tertiary/aromatic N) is 1. The Morgan fingerprint density at radius 1 is 1.23 bits per heavy atom. The van der Waals surface area contributed by atoms with Crippen molar-refractivity contribution in [2.45, 2.75) is 32.0 Å². The molecule has 1 atom stereocenters. The van der Waals surface area contributed by atoms with Crippen molar-refractivity contribution in [1.29, 1.82) is 0 Å². The number of nitrogens with one attached hydrogen (secondary N) is 1. The highest BCUT2D eigenvalue weighted by Gasteiger charge is 2.21. The summed E-state index contributed by atoms with van der Waals surface area (Å²) in [6.45, 7) is 2.47. The van der Waals surface area contributed by atoms with Gasteiger partial charge in [0, 0.05) is 31.8 Å². The second-order valence-corrected chi connectivity index (χ2v) is 6.82. The Kier molecular flexibility index (Phi) is 6.41. The normalized spacial score (nSPS) is 16.4. The second kappa shape index (κ2) is 8.96. The quantitative estimate of drug-likeness (QED) is 0.757. The minimum absolute atomic E-state index is 0.145. The number of para-hydroxylation sites is 1. The molecule has 4 nitrogen and oxygen atoms in total. The Hall–Kier alpha value is -2.18. The predicted octanol–water partition coefficient (Wildman–Crippen LogP) is 3.59. The Balaban J connectivity index is 1.65. The smallest absolute Gasteiger partial charge is 0.169 e. The van der Waals surface area contributed by atoms with Crippen molar-refractivity contribution in [3.05, 3.63) is 65.5 Å². The number of phenols is 1. The van der Waals surface area contributed by atoms with Gasteiger partial charge in [0.05, 0.1) is 6.10 Å². The van der Waals surface area contributed by atoms with Crippen LogP contribution in [0.25, 0.3) is 0 Å². The lowest BCUT2D eigenvalue weighted by Gasteiger charge is -2.28. The standard InChI is InChI=1S/C20H23FN2O2S/c21-17-9-7-15(8-10-17)12-22-20(26)23(14-18-5-3-11-25-18)13-16-4-1-2-6-19(16)24/h1-2,4,6-10,18,24H,3,5,11-14H2,(H,22,26)/t18-/m0/s1. The van der Waals surface area contributed by atoms with Crippen molar-refractivity contribution in [3.8, 4) is 5.75 Å². The molecule has 1 aliphatic rings. The van der Waals surface area contributed by atoms with E-state index >= 15 is 0 Å². The van der Waals surface area contributed by atoms with Crippen LogP contribution < -0.4 is 5.32 Å². The largest absolute Gasteiger partial charge is 0.508 e. The van der Waals surface area contributed by atoms with E-state index in [0.717, 1.165) is 30.6 Å². The van der Waals surface area contributed by atoms with Gasteiger partial charge in [-0.25, -0.2) is 4.39 Å². The van der Waals surface area contributed by atoms with Crippen molar-refractivity contribution in [2.24, 2.45) is 0 Å². The van der Waals surface area contributed by atoms with Crippen LogP contribution >= 0.6 is 12.2 Å². The number of benzene rings is 2. The molecule has 138 valence electrons. The Morgan fingerprint density at radius 2 is 2.00 bits per heavy atom. The van der Waals surface area contributed by atoms with Crippen LogP contribution in [0.15, 0.2) is 48.5 Å². The third-order valence-corrected chi connectivity index (χ3v) is 4.85. The van der Waals surface area contributed by atoms with E-state index in [9.17, 15) is 9.50 Å². The van der Waals surface area contributed by atoms with Crippen LogP contribution in [0.4, 0.5) is 4.39 Å². The molecule has 0 bridgehead atoms. The van der Waals surface area contributed by atoms with Crippen LogP contribution in [0.3, 0.4) is 0 Å². The number of halogens is 1. The van der Waals surface area contributed by atoms with E-state index in [4.69, 9.17) is 17.0 Å². The molecular formula is C20H23FN2O2S. The highest BCUT2D eigenvalue weighted by molar-refractivity contribution is 7.80. The van der Waals surface area contributed by atoms with Gasteiger partial charge in [0.15, 0.2) is 5.11 Å². The molecule has 2 aromatic carbocycles. The molecule has 1 heterocycles. The summed E-state index contributed by atoms with van der Waals surface area (Å²) in [5, 5.41) is 13.9. The average molecular weight is 374 g/mol. The summed E-state index contributed by atoms with van der Waals surface area (Å²) in [7, 11) is 0. The van der Waals surface area contributed by atoms with Gasteiger partial charge in [0.1, 0.15) is 11.6 Å². The SMILES string of the molecule is Oc1ccccc1CN(C[C@@H]1CCCO1)C(=S)NCc1ccc(F)cc1. The number of hydrogen-bond donors (Lipinski definition) is 2. The zero-order valence-electron chi connectivity index (χ0n) is 14.5. The lowest BCUT2D eigenvalue weighted by molar-refractivity contribution is 0.0896. The van der Waals surface area contributed by atoms with Gasteiger partial charge in [-0.15, -0.1) is 0 Å². The first-order chi connectivity index (χ1) is 12.6. The molecule has 0 radical (unpaired) electrons. The van der Waals surface area contributed by atoms with Gasteiger partial charge in [-0.1, -0.05) is 30.3 Å². The monoisotopic (exact) mass is 374 g/mol. The van der Waals surface area contributed by atoms with E-state index in [1.165, 1.54) is 12.1 Å². The summed E-state index contributed by atoms with van der Waals surface area (Å²) < 4.78 is 18.8. The molecule has 0 aromatic heterocycles. The molecule has 6 heteroatoms. The Morgan fingerprint density at radius 3 is 2.69 bits per heavy atom. The number of hydrogen-bond acceptors (Lipinski definition) is 3. The van der Waals surface area contributed by atoms with Gasteiger partial charge < -0.3 is 20.1 Å². The van der Waals surface area contributed by atoms with Crippen LogP contribution in [0.1, 0.15) is 24.0 Å².